The lowest BCUT2D eigenvalue weighted by Gasteiger charge is -2.25. The van der Waals surface area contributed by atoms with E-state index >= 15 is 0 Å². The van der Waals surface area contributed by atoms with Crippen molar-refractivity contribution in [2.75, 3.05) is 11.1 Å². The largest absolute Gasteiger partial charge is 0.480 e. The van der Waals surface area contributed by atoms with Gasteiger partial charge in [0.25, 0.3) is 0 Å². The Morgan fingerprint density at radius 1 is 1.55 bits per heavy atom. The predicted molar refractivity (Wildman–Crippen MR) is 78.3 cm³/mol. The molecule has 2 N–H and O–H groups in total. The van der Waals surface area contributed by atoms with Gasteiger partial charge >= 0.3 is 12.0 Å². The summed E-state index contributed by atoms with van der Waals surface area (Å²) >= 11 is 4.52. The Morgan fingerprint density at radius 2 is 2.25 bits per heavy atom. The first-order valence-corrected chi connectivity index (χ1v) is 7.63. The van der Waals surface area contributed by atoms with Crippen LogP contribution in [0.1, 0.15) is 6.92 Å². The molecule has 0 radical (unpaired) electrons. The topological polar surface area (TPSA) is 69.6 Å². The third-order valence-corrected chi connectivity index (χ3v) is 4.82. The number of halogens is 2. The summed E-state index contributed by atoms with van der Waals surface area (Å²) in [4.78, 5) is 24.5. The third kappa shape index (κ3) is 2.90. The molecule has 20 heavy (non-hydrogen) atoms. The average Bonchev–Trinajstić information content (AvgIpc) is 2.76. The van der Waals surface area contributed by atoms with E-state index in [1.807, 2.05) is 0 Å². The molecule has 1 aromatic carbocycles. The molecule has 2 rings (SSSR count). The number of hydrogen-bond acceptors (Lipinski definition) is 3. The van der Waals surface area contributed by atoms with E-state index in [2.05, 4.69) is 21.2 Å². The van der Waals surface area contributed by atoms with Crippen LogP contribution in [-0.4, -0.2) is 39.2 Å². The van der Waals surface area contributed by atoms with E-state index in [4.69, 9.17) is 5.11 Å². The molecule has 108 valence electrons. The number of carboxylic acid groups (broad SMARTS) is 1. The number of aliphatic carboxylic acids is 1. The Morgan fingerprint density at radius 3 is 2.85 bits per heavy atom. The Hall–Kier alpha value is -1.28. The van der Waals surface area contributed by atoms with Crippen molar-refractivity contribution in [1.29, 1.82) is 0 Å². The summed E-state index contributed by atoms with van der Waals surface area (Å²) in [6, 6.07) is 2.79. The van der Waals surface area contributed by atoms with Gasteiger partial charge in [-0.25, -0.2) is 14.0 Å². The number of nitrogens with zero attached hydrogens (tertiary/aromatic N) is 1. The molecule has 1 saturated heterocycles. The van der Waals surface area contributed by atoms with E-state index < -0.39 is 23.9 Å². The zero-order valence-electron chi connectivity index (χ0n) is 10.5. The lowest BCUT2D eigenvalue weighted by Crippen LogP contribution is -2.46. The van der Waals surface area contributed by atoms with Crippen molar-refractivity contribution in [3.63, 3.8) is 0 Å². The molecule has 5 nitrogen and oxygen atoms in total. The fourth-order valence-corrected chi connectivity index (χ4v) is 3.54. The molecule has 0 aliphatic carbocycles. The maximum atomic E-state index is 13.7. The van der Waals surface area contributed by atoms with Crippen molar-refractivity contribution in [2.24, 2.45) is 0 Å². The first-order valence-electron chi connectivity index (χ1n) is 5.79. The summed E-state index contributed by atoms with van der Waals surface area (Å²) in [5, 5.41) is 11.3. The van der Waals surface area contributed by atoms with Gasteiger partial charge < -0.3 is 10.4 Å². The highest BCUT2D eigenvalue weighted by molar-refractivity contribution is 9.10. The fraction of sp³-hybridized carbons (Fsp3) is 0.333. The highest BCUT2D eigenvalue weighted by atomic mass is 79.9. The van der Waals surface area contributed by atoms with Gasteiger partial charge in [0.05, 0.1) is 11.1 Å². The van der Waals surface area contributed by atoms with Crippen LogP contribution in [0.3, 0.4) is 0 Å². The van der Waals surface area contributed by atoms with Gasteiger partial charge in [-0.05, 0) is 35.0 Å². The summed E-state index contributed by atoms with van der Waals surface area (Å²) in [6.45, 7) is 1.74. The summed E-state index contributed by atoms with van der Waals surface area (Å²) in [6.07, 6.45) is 0. The molecule has 0 bridgehead atoms. The van der Waals surface area contributed by atoms with Crippen LogP contribution in [0, 0.1) is 5.82 Å². The predicted octanol–water partition coefficient (Wildman–Crippen LogP) is 2.97. The van der Waals surface area contributed by atoms with Crippen LogP contribution in [0.4, 0.5) is 14.9 Å². The highest BCUT2D eigenvalue weighted by Gasteiger charge is 2.39. The Bertz CT molecular complexity index is 537. The molecule has 1 fully saturated rings. The van der Waals surface area contributed by atoms with Gasteiger partial charge in [-0.2, -0.15) is 0 Å². The number of para-hydroxylation sites is 1. The van der Waals surface area contributed by atoms with Crippen molar-refractivity contribution in [3.8, 4) is 0 Å². The van der Waals surface area contributed by atoms with Gasteiger partial charge in [0.2, 0.25) is 0 Å². The van der Waals surface area contributed by atoms with Gasteiger partial charge in [-0.15, -0.1) is 11.8 Å². The maximum absolute atomic E-state index is 13.7. The van der Waals surface area contributed by atoms with E-state index in [1.54, 1.807) is 13.0 Å². The Kier molecular flexibility index (Phi) is 4.54. The number of carbonyl (C=O) groups excluding carboxylic acids is 1. The second-order valence-electron chi connectivity index (χ2n) is 4.22. The summed E-state index contributed by atoms with van der Waals surface area (Å²) in [5.74, 6) is -1.33. The van der Waals surface area contributed by atoms with Crippen LogP contribution in [0.15, 0.2) is 22.7 Å². The zero-order valence-corrected chi connectivity index (χ0v) is 12.9. The highest BCUT2D eigenvalue weighted by Crippen LogP contribution is 2.31. The van der Waals surface area contributed by atoms with Crippen LogP contribution in [0.5, 0.6) is 0 Å². The molecule has 8 heteroatoms. The number of carboxylic acids is 1. The van der Waals surface area contributed by atoms with Crippen molar-refractivity contribution in [2.45, 2.75) is 18.3 Å². The first kappa shape index (κ1) is 15.1. The summed E-state index contributed by atoms with van der Waals surface area (Å²) < 4.78 is 14.1. The Labute approximate surface area is 127 Å². The van der Waals surface area contributed by atoms with Crippen LogP contribution in [-0.2, 0) is 4.79 Å². The van der Waals surface area contributed by atoms with Crippen molar-refractivity contribution < 1.29 is 19.1 Å². The van der Waals surface area contributed by atoms with E-state index in [0.717, 1.165) is 0 Å². The molecule has 1 heterocycles. The molecular formula is C12H12BrFN2O3S. The van der Waals surface area contributed by atoms with E-state index in [1.165, 1.54) is 28.8 Å². The number of benzene rings is 1. The molecule has 2 atom stereocenters. The van der Waals surface area contributed by atoms with Crippen molar-refractivity contribution in [3.05, 3.63) is 28.5 Å². The van der Waals surface area contributed by atoms with Crippen LogP contribution in [0.2, 0.25) is 0 Å². The molecule has 1 aliphatic rings. The van der Waals surface area contributed by atoms with Crippen molar-refractivity contribution >= 4 is 45.4 Å². The maximum Gasteiger partial charge on any atom is 0.327 e. The first-order chi connectivity index (χ1) is 9.41. The molecule has 0 aromatic heterocycles. The third-order valence-electron chi connectivity index (χ3n) is 2.94. The lowest BCUT2D eigenvalue weighted by atomic mass is 10.3. The number of amides is 2. The molecule has 2 unspecified atom stereocenters. The molecule has 0 spiro atoms. The number of anilines is 1. The number of hydrogen-bond donors (Lipinski definition) is 2. The second kappa shape index (κ2) is 6.01. The quantitative estimate of drug-likeness (QED) is 0.848. The number of rotatable bonds is 2. The van der Waals surface area contributed by atoms with Crippen LogP contribution in [0.25, 0.3) is 0 Å². The molecule has 1 aromatic rings. The van der Waals surface area contributed by atoms with Crippen molar-refractivity contribution in [1.82, 2.24) is 4.90 Å². The monoisotopic (exact) mass is 362 g/mol. The Balaban J connectivity index is 2.21. The van der Waals surface area contributed by atoms with Gasteiger partial charge in [0, 0.05) is 10.2 Å². The van der Waals surface area contributed by atoms with Crippen LogP contribution < -0.4 is 5.32 Å². The van der Waals surface area contributed by atoms with E-state index in [0.29, 0.717) is 10.2 Å². The van der Waals surface area contributed by atoms with E-state index in [-0.39, 0.29) is 11.1 Å². The van der Waals surface area contributed by atoms with Gasteiger partial charge in [-0.1, -0.05) is 6.07 Å². The number of carbonyl (C=O) groups is 2. The fourth-order valence-electron chi connectivity index (χ4n) is 1.93. The molecular weight excluding hydrogens is 351 g/mol. The minimum Gasteiger partial charge on any atom is -0.480 e. The summed E-state index contributed by atoms with van der Waals surface area (Å²) in [7, 11) is 0. The standard InChI is InChI=1S/C12H12BrFN2O3S/c1-6-16(9(5-20-6)11(17)18)12(19)15-10-7(13)3-2-4-8(10)14/h2-4,6,9H,5H2,1H3,(H,15,19)(H,17,18). The van der Waals surface area contributed by atoms with Gasteiger partial charge in [0.1, 0.15) is 11.9 Å². The van der Waals surface area contributed by atoms with Crippen LogP contribution >= 0.6 is 27.7 Å². The zero-order chi connectivity index (χ0) is 14.9. The molecule has 0 saturated carbocycles. The smallest absolute Gasteiger partial charge is 0.327 e. The normalized spacial score (nSPS) is 21.9. The molecule has 2 amide bonds. The number of urea groups is 1. The molecule has 1 aliphatic heterocycles. The SMILES string of the molecule is CC1SCC(C(=O)O)N1C(=O)Nc1c(F)cccc1Br. The number of thioether (sulfide) groups is 1. The van der Waals surface area contributed by atoms with Gasteiger partial charge in [0.15, 0.2) is 0 Å². The minimum absolute atomic E-state index is 0.00531. The summed E-state index contributed by atoms with van der Waals surface area (Å²) in [5.41, 5.74) is 0.00531. The lowest BCUT2D eigenvalue weighted by molar-refractivity contribution is -0.141. The van der Waals surface area contributed by atoms with Gasteiger partial charge in [-0.3, -0.25) is 4.90 Å². The second-order valence-corrected chi connectivity index (χ2v) is 6.42. The minimum atomic E-state index is -1.07. The average molecular weight is 363 g/mol. The van der Waals surface area contributed by atoms with E-state index in [9.17, 15) is 14.0 Å². The number of nitrogens with one attached hydrogen (secondary N) is 1.